The lowest BCUT2D eigenvalue weighted by Crippen LogP contribution is -2.15. The van der Waals surface area contributed by atoms with E-state index in [9.17, 15) is 0 Å². The van der Waals surface area contributed by atoms with E-state index < -0.39 is 0 Å². The molecule has 0 bridgehead atoms. The molecule has 1 aliphatic rings. The monoisotopic (exact) mass is 271 g/mol. The van der Waals surface area contributed by atoms with Crippen LogP contribution in [0.4, 0.5) is 0 Å². The van der Waals surface area contributed by atoms with Crippen LogP contribution in [0, 0.1) is 0 Å². The molecule has 106 valence electrons. The molecule has 1 saturated carbocycles. The molecule has 1 fully saturated rings. The number of benzene rings is 1. The highest BCUT2D eigenvalue weighted by molar-refractivity contribution is 5.33. The van der Waals surface area contributed by atoms with Gasteiger partial charge in [0.05, 0.1) is 23.5 Å². The third-order valence-electron chi connectivity index (χ3n) is 3.71. The lowest BCUT2D eigenvalue weighted by molar-refractivity contribution is 0.303. The summed E-state index contributed by atoms with van der Waals surface area (Å²) in [7, 11) is 1.94. The molecule has 0 radical (unpaired) electrons. The van der Waals surface area contributed by atoms with Crippen LogP contribution in [0.3, 0.4) is 0 Å². The van der Waals surface area contributed by atoms with Crippen molar-refractivity contribution in [2.24, 2.45) is 12.8 Å². The highest BCUT2D eigenvalue weighted by Crippen LogP contribution is 2.28. The summed E-state index contributed by atoms with van der Waals surface area (Å²) in [5.74, 6) is 0.933. The van der Waals surface area contributed by atoms with Gasteiger partial charge in [0.2, 0.25) is 0 Å². The predicted octanol–water partition coefficient (Wildman–Crippen LogP) is 2.57. The first-order chi connectivity index (χ1) is 9.67. The SMILES string of the molecule is CCc1cc(C(N)c2ccc(OC3CC3)cc2)n(C)n1. The fraction of sp³-hybridized carbons (Fsp3) is 0.438. The summed E-state index contributed by atoms with van der Waals surface area (Å²) in [6.07, 6.45) is 3.71. The van der Waals surface area contributed by atoms with Crippen molar-refractivity contribution in [3.8, 4) is 5.75 Å². The van der Waals surface area contributed by atoms with E-state index in [1.54, 1.807) is 0 Å². The maximum atomic E-state index is 6.35. The first-order valence-corrected chi connectivity index (χ1v) is 7.22. The number of rotatable bonds is 5. The second-order valence-electron chi connectivity index (χ2n) is 5.40. The van der Waals surface area contributed by atoms with Gasteiger partial charge < -0.3 is 10.5 Å². The molecule has 0 amide bonds. The molecule has 0 spiro atoms. The highest BCUT2D eigenvalue weighted by Gasteiger charge is 2.23. The van der Waals surface area contributed by atoms with Crippen LogP contribution in [-0.4, -0.2) is 15.9 Å². The second-order valence-corrected chi connectivity index (χ2v) is 5.40. The van der Waals surface area contributed by atoms with Crippen molar-refractivity contribution in [3.63, 3.8) is 0 Å². The molecule has 2 aromatic rings. The zero-order valence-electron chi connectivity index (χ0n) is 12.0. The molecule has 0 saturated heterocycles. The van der Waals surface area contributed by atoms with E-state index in [2.05, 4.69) is 18.1 Å². The Bertz CT molecular complexity index is 584. The van der Waals surface area contributed by atoms with Gasteiger partial charge in [-0.3, -0.25) is 4.68 Å². The first kappa shape index (κ1) is 13.2. The predicted molar refractivity (Wildman–Crippen MR) is 78.7 cm³/mol. The number of aryl methyl sites for hydroxylation is 2. The first-order valence-electron chi connectivity index (χ1n) is 7.22. The van der Waals surface area contributed by atoms with E-state index in [-0.39, 0.29) is 6.04 Å². The van der Waals surface area contributed by atoms with Crippen molar-refractivity contribution >= 4 is 0 Å². The van der Waals surface area contributed by atoms with Crippen LogP contribution in [0.2, 0.25) is 0 Å². The topological polar surface area (TPSA) is 53.1 Å². The van der Waals surface area contributed by atoms with E-state index in [0.717, 1.165) is 29.1 Å². The summed E-state index contributed by atoms with van der Waals surface area (Å²) >= 11 is 0. The maximum absolute atomic E-state index is 6.35. The average Bonchev–Trinajstić information content (AvgIpc) is 3.19. The molecular weight excluding hydrogens is 250 g/mol. The summed E-state index contributed by atoms with van der Waals surface area (Å²) in [5, 5.41) is 4.45. The van der Waals surface area contributed by atoms with E-state index in [0.29, 0.717) is 6.10 Å². The van der Waals surface area contributed by atoms with Gasteiger partial charge in [-0.1, -0.05) is 19.1 Å². The van der Waals surface area contributed by atoms with Gasteiger partial charge in [0.25, 0.3) is 0 Å². The summed E-state index contributed by atoms with van der Waals surface area (Å²) in [6, 6.07) is 10.0. The van der Waals surface area contributed by atoms with Crippen LogP contribution in [-0.2, 0) is 13.5 Å². The molecule has 4 nitrogen and oxygen atoms in total. The minimum atomic E-state index is -0.150. The number of hydrogen-bond donors (Lipinski definition) is 1. The third-order valence-corrected chi connectivity index (χ3v) is 3.71. The van der Waals surface area contributed by atoms with Crippen LogP contribution in [0.5, 0.6) is 5.75 Å². The Morgan fingerprint density at radius 3 is 2.60 bits per heavy atom. The number of hydrogen-bond acceptors (Lipinski definition) is 3. The van der Waals surface area contributed by atoms with Gasteiger partial charge in [-0.05, 0) is 43.0 Å². The quantitative estimate of drug-likeness (QED) is 0.909. The Morgan fingerprint density at radius 2 is 2.05 bits per heavy atom. The molecule has 3 rings (SSSR count). The lowest BCUT2D eigenvalue weighted by atomic mass is 10.0. The third kappa shape index (κ3) is 2.70. The average molecular weight is 271 g/mol. The summed E-state index contributed by atoms with van der Waals surface area (Å²) in [4.78, 5) is 0. The maximum Gasteiger partial charge on any atom is 0.119 e. The van der Waals surface area contributed by atoms with Gasteiger partial charge in [-0.15, -0.1) is 0 Å². The van der Waals surface area contributed by atoms with E-state index in [4.69, 9.17) is 10.5 Å². The van der Waals surface area contributed by atoms with Gasteiger partial charge in [0.15, 0.2) is 0 Å². The fourth-order valence-corrected chi connectivity index (χ4v) is 2.31. The minimum absolute atomic E-state index is 0.150. The number of aromatic nitrogens is 2. The summed E-state index contributed by atoms with van der Waals surface area (Å²) < 4.78 is 7.63. The number of ether oxygens (including phenoxy) is 1. The molecule has 4 heteroatoms. The van der Waals surface area contributed by atoms with Crippen LogP contribution in [0.1, 0.15) is 42.8 Å². The molecule has 1 aromatic carbocycles. The van der Waals surface area contributed by atoms with Gasteiger partial charge in [0, 0.05) is 7.05 Å². The standard InChI is InChI=1S/C16H21N3O/c1-3-12-10-15(19(2)18-12)16(17)11-4-6-13(7-5-11)20-14-8-9-14/h4-7,10,14,16H,3,8-9,17H2,1-2H3. The van der Waals surface area contributed by atoms with Crippen LogP contribution in [0.25, 0.3) is 0 Å². The number of nitrogens with zero attached hydrogens (tertiary/aromatic N) is 2. The Hall–Kier alpha value is -1.81. The lowest BCUT2D eigenvalue weighted by Gasteiger charge is -2.13. The summed E-state index contributed by atoms with van der Waals surface area (Å²) in [5.41, 5.74) is 9.54. The smallest absolute Gasteiger partial charge is 0.119 e. The Morgan fingerprint density at radius 1 is 1.35 bits per heavy atom. The van der Waals surface area contributed by atoms with E-state index in [1.165, 1.54) is 12.8 Å². The van der Waals surface area contributed by atoms with Crippen molar-refractivity contribution in [1.29, 1.82) is 0 Å². The van der Waals surface area contributed by atoms with Crippen LogP contribution < -0.4 is 10.5 Å². The van der Waals surface area contributed by atoms with Crippen molar-refractivity contribution in [2.75, 3.05) is 0 Å². The van der Waals surface area contributed by atoms with Gasteiger partial charge in [0.1, 0.15) is 5.75 Å². The fourth-order valence-electron chi connectivity index (χ4n) is 2.31. The van der Waals surface area contributed by atoms with E-state index >= 15 is 0 Å². The molecule has 1 atom stereocenters. The Balaban J connectivity index is 1.78. The Labute approximate surface area is 119 Å². The van der Waals surface area contributed by atoms with Gasteiger partial charge >= 0.3 is 0 Å². The minimum Gasteiger partial charge on any atom is -0.490 e. The molecule has 1 heterocycles. The molecule has 1 aliphatic carbocycles. The normalized spacial score (nSPS) is 16.1. The largest absolute Gasteiger partial charge is 0.490 e. The molecule has 0 aliphatic heterocycles. The zero-order valence-corrected chi connectivity index (χ0v) is 12.0. The van der Waals surface area contributed by atoms with Gasteiger partial charge in [-0.25, -0.2) is 0 Å². The number of nitrogens with two attached hydrogens (primary N) is 1. The Kier molecular flexibility index (Phi) is 3.49. The molecule has 20 heavy (non-hydrogen) atoms. The van der Waals surface area contributed by atoms with Crippen LogP contribution in [0.15, 0.2) is 30.3 Å². The van der Waals surface area contributed by atoms with Crippen LogP contribution >= 0.6 is 0 Å². The summed E-state index contributed by atoms with van der Waals surface area (Å²) in [6.45, 7) is 2.10. The molecule has 2 N–H and O–H groups in total. The molecular formula is C16H21N3O. The molecule has 1 aromatic heterocycles. The highest BCUT2D eigenvalue weighted by atomic mass is 16.5. The zero-order chi connectivity index (χ0) is 14.1. The van der Waals surface area contributed by atoms with Crippen molar-refractivity contribution in [1.82, 2.24) is 9.78 Å². The van der Waals surface area contributed by atoms with Crippen molar-refractivity contribution < 1.29 is 4.74 Å². The van der Waals surface area contributed by atoms with Crippen molar-refractivity contribution in [3.05, 3.63) is 47.3 Å². The van der Waals surface area contributed by atoms with E-state index in [1.807, 2.05) is 36.0 Å². The second kappa shape index (κ2) is 5.29. The van der Waals surface area contributed by atoms with Crippen molar-refractivity contribution in [2.45, 2.75) is 38.3 Å². The molecule has 1 unspecified atom stereocenters. The van der Waals surface area contributed by atoms with Gasteiger partial charge in [-0.2, -0.15) is 5.10 Å².